The summed E-state index contributed by atoms with van der Waals surface area (Å²) < 4.78 is 14.8. The van der Waals surface area contributed by atoms with Crippen molar-refractivity contribution in [2.45, 2.75) is 6.54 Å². The number of nitrogens with zero attached hydrogens (tertiary/aromatic N) is 3. The first-order valence-corrected chi connectivity index (χ1v) is 12.0. The number of halogens is 1. The molecule has 0 atom stereocenters. The van der Waals surface area contributed by atoms with Gasteiger partial charge in [0.2, 0.25) is 0 Å². The van der Waals surface area contributed by atoms with Gasteiger partial charge in [-0.05, 0) is 35.2 Å². The molecule has 0 radical (unpaired) electrons. The molecule has 0 saturated carbocycles. The van der Waals surface area contributed by atoms with E-state index in [9.17, 15) is 23.9 Å². The SMILES string of the molecule is O=C(O)c1c(N2CCN(C(=O)c3cccs3)CC2)c2ccccc2n(Cc2ccc(F)cc2)c1=O. The van der Waals surface area contributed by atoms with Crippen LogP contribution >= 0.6 is 11.3 Å². The van der Waals surface area contributed by atoms with Crippen LogP contribution in [0.1, 0.15) is 25.6 Å². The van der Waals surface area contributed by atoms with Crippen LogP contribution in [0.4, 0.5) is 10.1 Å². The van der Waals surface area contributed by atoms with Gasteiger partial charge < -0.3 is 19.5 Å². The normalized spacial score (nSPS) is 13.9. The van der Waals surface area contributed by atoms with Crippen LogP contribution in [0, 0.1) is 5.82 Å². The molecule has 9 heteroatoms. The molecule has 4 aromatic rings. The topological polar surface area (TPSA) is 82.8 Å². The van der Waals surface area contributed by atoms with Crippen molar-refractivity contribution in [3.05, 3.63) is 98.2 Å². The molecule has 3 heterocycles. The van der Waals surface area contributed by atoms with E-state index in [1.54, 1.807) is 47.4 Å². The van der Waals surface area contributed by atoms with Crippen molar-refractivity contribution in [1.29, 1.82) is 0 Å². The molecule has 0 spiro atoms. The van der Waals surface area contributed by atoms with Crippen LogP contribution in [0.5, 0.6) is 0 Å². The molecule has 0 aliphatic carbocycles. The van der Waals surface area contributed by atoms with Gasteiger partial charge in [-0.1, -0.05) is 36.4 Å². The van der Waals surface area contributed by atoms with Crippen molar-refractivity contribution in [3.8, 4) is 0 Å². The Bertz CT molecular complexity index is 1460. The Morgan fingerprint density at radius 3 is 2.31 bits per heavy atom. The summed E-state index contributed by atoms with van der Waals surface area (Å²) in [5, 5.41) is 12.6. The van der Waals surface area contributed by atoms with Gasteiger partial charge in [0.05, 0.1) is 22.6 Å². The Hall–Kier alpha value is -3.98. The molecule has 1 saturated heterocycles. The van der Waals surface area contributed by atoms with Crippen molar-refractivity contribution < 1.29 is 19.1 Å². The third-order valence-corrected chi connectivity index (χ3v) is 7.09. The number of aromatic nitrogens is 1. The highest BCUT2D eigenvalue weighted by molar-refractivity contribution is 7.12. The summed E-state index contributed by atoms with van der Waals surface area (Å²) in [6.45, 7) is 1.76. The number of anilines is 1. The Morgan fingerprint density at radius 2 is 1.66 bits per heavy atom. The van der Waals surface area contributed by atoms with Gasteiger partial charge in [0, 0.05) is 31.6 Å². The number of aromatic carboxylic acids is 1. The average Bonchev–Trinajstić information content (AvgIpc) is 3.41. The summed E-state index contributed by atoms with van der Waals surface area (Å²) in [4.78, 5) is 42.9. The zero-order valence-corrected chi connectivity index (χ0v) is 19.5. The number of hydrogen-bond donors (Lipinski definition) is 1. The monoisotopic (exact) mass is 491 g/mol. The summed E-state index contributed by atoms with van der Waals surface area (Å²) in [7, 11) is 0. The highest BCUT2D eigenvalue weighted by Gasteiger charge is 2.29. The number of thiophene rings is 1. The minimum absolute atomic E-state index is 0.0438. The van der Waals surface area contributed by atoms with Gasteiger partial charge in [-0.2, -0.15) is 0 Å². The quantitative estimate of drug-likeness (QED) is 0.458. The number of benzene rings is 2. The van der Waals surface area contributed by atoms with Gasteiger partial charge in [-0.15, -0.1) is 11.3 Å². The molecule has 2 aromatic carbocycles. The van der Waals surface area contributed by atoms with Crippen molar-refractivity contribution >= 4 is 39.8 Å². The van der Waals surface area contributed by atoms with Crippen LogP contribution < -0.4 is 10.5 Å². The molecule has 0 unspecified atom stereocenters. The number of carboxylic acid groups (broad SMARTS) is 1. The van der Waals surface area contributed by atoms with Gasteiger partial charge in [0.15, 0.2) is 0 Å². The molecule has 1 aliphatic heterocycles. The average molecular weight is 492 g/mol. The second-order valence-corrected chi connectivity index (χ2v) is 9.27. The highest BCUT2D eigenvalue weighted by atomic mass is 32.1. The maximum Gasteiger partial charge on any atom is 0.343 e. The van der Waals surface area contributed by atoms with Gasteiger partial charge in [0.1, 0.15) is 11.4 Å². The number of hydrogen-bond acceptors (Lipinski definition) is 5. The summed E-state index contributed by atoms with van der Waals surface area (Å²) in [5.74, 6) is -1.73. The van der Waals surface area contributed by atoms with Crippen LogP contribution in [-0.4, -0.2) is 52.6 Å². The summed E-state index contributed by atoms with van der Waals surface area (Å²) in [6.07, 6.45) is 0. The Labute approximate surface area is 204 Å². The van der Waals surface area contributed by atoms with Gasteiger partial charge in [-0.3, -0.25) is 9.59 Å². The van der Waals surface area contributed by atoms with Crippen LogP contribution in [0.3, 0.4) is 0 Å². The minimum Gasteiger partial charge on any atom is -0.477 e. The van der Waals surface area contributed by atoms with Crippen molar-refractivity contribution in [1.82, 2.24) is 9.47 Å². The fraction of sp³-hybridized carbons (Fsp3) is 0.192. The third kappa shape index (κ3) is 4.30. The fourth-order valence-corrected chi connectivity index (χ4v) is 5.22. The van der Waals surface area contributed by atoms with Crippen LogP contribution in [0.15, 0.2) is 70.8 Å². The van der Waals surface area contributed by atoms with E-state index in [0.717, 1.165) is 0 Å². The van der Waals surface area contributed by atoms with Gasteiger partial charge >= 0.3 is 5.97 Å². The lowest BCUT2D eigenvalue weighted by Gasteiger charge is -2.37. The first-order valence-electron chi connectivity index (χ1n) is 11.1. The number of carboxylic acids is 1. The first kappa shape index (κ1) is 22.8. The van der Waals surface area contributed by atoms with Crippen LogP contribution in [0.2, 0.25) is 0 Å². The Morgan fingerprint density at radius 1 is 0.943 bits per heavy atom. The number of rotatable bonds is 5. The largest absolute Gasteiger partial charge is 0.477 e. The van der Waals surface area contributed by atoms with Crippen molar-refractivity contribution in [2.24, 2.45) is 0 Å². The van der Waals surface area contributed by atoms with E-state index in [4.69, 9.17) is 0 Å². The number of carbonyl (C=O) groups excluding carboxylic acids is 1. The van der Waals surface area contributed by atoms with Gasteiger partial charge in [-0.25, -0.2) is 9.18 Å². The number of para-hydroxylation sites is 1. The predicted octanol–water partition coefficient (Wildman–Crippen LogP) is 3.91. The number of piperazine rings is 1. The number of fused-ring (bicyclic) bond motifs is 1. The van der Waals surface area contributed by atoms with E-state index in [2.05, 4.69) is 0 Å². The van der Waals surface area contributed by atoms with Crippen molar-refractivity contribution in [3.63, 3.8) is 0 Å². The summed E-state index contributed by atoms with van der Waals surface area (Å²) in [6, 6.07) is 16.6. The number of amides is 1. The molecule has 1 fully saturated rings. The van der Waals surface area contributed by atoms with E-state index in [-0.39, 0.29) is 23.8 Å². The van der Waals surface area contributed by atoms with E-state index in [1.165, 1.54) is 28.0 Å². The third-order valence-electron chi connectivity index (χ3n) is 6.23. The molecule has 0 bridgehead atoms. The lowest BCUT2D eigenvalue weighted by molar-refractivity contribution is 0.0691. The van der Waals surface area contributed by atoms with E-state index < -0.39 is 11.5 Å². The molecule has 1 N–H and O–H groups in total. The second kappa shape index (κ2) is 9.34. The molecular formula is C26H22FN3O4S. The smallest absolute Gasteiger partial charge is 0.343 e. The van der Waals surface area contributed by atoms with E-state index in [1.807, 2.05) is 16.3 Å². The standard InChI is InChI=1S/C26H22FN3O4S/c27-18-9-7-17(8-10-18)16-30-20-5-2-1-4-19(20)23(22(25(30)32)26(33)34)28-11-13-29(14-12-28)24(31)21-6-3-15-35-21/h1-10,15H,11-14,16H2,(H,33,34). The molecular weight excluding hydrogens is 469 g/mol. The van der Waals surface area contributed by atoms with Crippen LogP contribution in [-0.2, 0) is 6.54 Å². The van der Waals surface area contributed by atoms with E-state index >= 15 is 0 Å². The molecule has 35 heavy (non-hydrogen) atoms. The molecule has 7 nitrogen and oxygen atoms in total. The number of carbonyl (C=O) groups is 2. The lowest BCUT2D eigenvalue weighted by atomic mass is 10.1. The summed E-state index contributed by atoms with van der Waals surface area (Å²) in [5.41, 5.74) is 0.732. The molecule has 178 valence electrons. The van der Waals surface area contributed by atoms with Crippen LogP contribution in [0.25, 0.3) is 10.9 Å². The second-order valence-electron chi connectivity index (χ2n) is 8.32. The molecule has 5 rings (SSSR count). The highest BCUT2D eigenvalue weighted by Crippen LogP contribution is 2.30. The number of pyridine rings is 1. The Balaban J connectivity index is 1.54. The zero-order valence-electron chi connectivity index (χ0n) is 18.7. The Kier molecular flexibility index (Phi) is 6.08. The minimum atomic E-state index is -1.30. The summed E-state index contributed by atoms with van der Waals surface area (Å²) >= 11 is 1.39. The predicted molar refractivity (Wildman–Crippen MR) is 133 cm³/mol. The first-order chi connectivity index (χ1) is 16.9. The fourth-order valence-electron chi connectivity index (χ4n) is 4.53. The van der Waals surface area contributed by atoms with E-state index in [0.29, 0.717) is 53.2 Å². The van der Waals surface area contributed by atoms with Crippen molar-refractivity contribution in [2.75, 3.05) is 31.1 Å². The zero-order chi connectivity index (χ0) is 24.5. The van der Waals surface area contributed by atoms with Gasteiger partial charge in [0.25, 0.3) is 11.5 Å². The maximum absolute atomic E-state index is 13.5. The molecule has 1 aliphatic rings. The maximum atomic E-state index is 13.5. The molecule has 1 amide bonds. The molecule has 2 aromatic heterocycles. The lowest BCUT2D eigenvalue weighted by Crippen LogP contribution is -2.49.